The van der Waals surface area contributed by atoms with Crippen LogP contribution in [0.1, 0.15) is 33.3 Å². The number of nitrogens with zero attached hydrogens (tertiary/aromatic N) is 1. The number of carbonyl (C=O) groups excluding carboxylic acids is 4. The van der Waals surface area contributed by atoms with E-state index >= 15 is 0 Å². The maximum Gasteiger partial charge on any atom is 0.351 e. The summed E-state index contributed by atoms with van der Waals surface area (Å²) in [5, 5.41) is 0. The average molecular weight is 421 g/mol. The predicted octanol–water partition coefficient (Wildman–Crippen LogP) is 1.41. The monoisotopic (exact) mass is 421 g/mol. The van der Waals surface area contributed by atoms with Crippen LogP contribution in [0.4, 0.5) is 5.69 Å². The molecule has 2 atom stereocenters. The van der Waals surface area contributed by atoms with Crippen LogP contribution in [0.5, 0.6) is 0 Å². The highest BCUT2D eigenvalue weighted by Gasteiger charge is 2.44. The molecule has 1 aliphatic heterocycles. The van der Waals surface area contributed by atoms with E-state index in [0.29, 0.717) is 11.3 Å². The Balaban J connectivity index is 2.27. The molecule has 0 bridgehead atoms. The molecule has 1 fully saturated rings. The second kappa shape index (κ2) is 9.71. The summed E-state index contributed by atoms with van der Waals surface area (Å²) in [4.78, 5) is 50.2. The lowest BCUT2D eigenvalue weighted by atomic mass is 10.1. The van der Waals surface area contributed by atoms with Gasteiger partial charge >= 0.3 is 17.9 Å². The Morgan fingerprint density at radius 2 is 1.97 bits per heavy atom. The van der Waals surface area contributed by atoms with Crippen molar-refractivity contribution >= 4 is 29.5 Å². The number of hydrogen-bond acceptors (Lipinski definition) is 8. The zero-order valence-electron chi connectivity index (χ0n) is 17.8. The molecule has 1 saturated heterocycles. The first-order valence-electron chi connectivity index (χ1n) is 9.50. The number of hydrogen-bond donors (Lipinski definition) is 0. The minimum atomic E-state index is -1.53. The molecule has 1 heterocycles. The van der Waals surface area contributed by atoms with Gasteiger partial charge in [-0.1, -0.05) is 12.1 Å². The van der Waals surface area contributed by atoms with Crippen LogP contribution in [-0.2, 0) is 44.5 Å². The maximum absolute atomic E-state index is 13.1. The van der Waals surface area contributed by atoms with Crippen LogP contribution in [0.2, 0.25) is 0 Å². The maximum atomic E-state index is 13.1. The van der Waals surface area contributed by atoms with Crippen molar-refractivity contribution in [2.24, 2.45) is 0 Å². The second-order valence-electron chi connectivity index (χ2n) is 7.77. The molecule has 9 heteroatoms. The molecule has 0 N–H and O–H groups in total. The fourth-order valence-electron chi connectivity index (χ4n) is 2.92. The van der Waals surface area contributed by atoms with Crippen molar-refractivity contribution in [1.82, 2.24) is 0 Å². The van der Waals surface area contributed by atoms with Gasteiger partial charge in [0.2, 0.25) is 6.10 Å². The van der Waals surface area contributed by atoms with Crippen molar-refractivity contribution in [3.8, 4) is 0 Å². The molecule has 9 nitrogen and oxygen atoms in total. The summed E-state index contributed by atoms with van der Waals surface area (Å²) < 4.78 is 20.6. The quantitative estimate of drug-likeness (QED) is 0.501. The van der Waals surface area contributed by atoms with E-state index in [1.807, 2.05) is 0 Å². The number of rotatable bonds is 6. The number of benzene rings is 1. The minimum Gasteiger partial charge on any atom is -0.469 e. The fraction of sp³-hybridized carbons (Fsp3) is 0.524. The molecule has 2 unspecified atom stereocenters. The van der Waals surface area contributed by atoms with Crippen LogP contribution < -0.4 is 4.90 Å². The first-order valence-corrected chi connectivity index (χ1v) is 9.50. The SMILES string of the molecule is COC(=O)Cc1cccc(N2CCOC(C(OC(C)=O)C(=O)OC(C)(C)C)C2=O)c1. The number of carbonyl (C=O) groups is 4. The molecule has 0 saturated carbocycles. The number of amides is 1. The summed E-state index contributed by atoms with van der Waals surface area (Å²) >= 11 is 0. The van der Waals surface area contributed by atoms with Gasteiger partial charge in [-0.05, 0) is 38.5 Å². The van der Waals surface area contributed by atoms with Gasteiger partial charge in [0, 0.05) is 19.2 Å². The Kier molecular flexibility index (Phi) is 7.55. The zero-order chi connectivity index (χ0) is 22.5. The lowest BCUT2D eigenvalue weighted by Crippen LogP contribution is -2.56. The Bertz CT molecular complexity index is 813. The van der Waals surface area contributed by atoms with Crippen LogP contribution in [0.3, 0.4) is 0 Å². The van der Waals surface area contributed by atoms with Crippen molar-refractivity contribution in [1.29, 1.82) is 0 Å². The summed E-state index contributed by atoms with van der Waals surface area (Å²) in [6.07, 6.45) is -2.82. The molecule has 1 aromatic rings. The first-order chi connectivity index (χ1) is 14.0. The summed E-state index contributed by atoms with van der Waals surface area (Å²) in [7, 11) is 1.30. The topological polar surface area (TPSA) is 108 Å². The van der Waals surface area contributed by atoms with Gasteiger partial charge in [-0.25, -0.2) is 4.79 Å². The Hall–Kier alpha value is -2.94. The van der Waals surface area contributed by atoms with Crippen LogP contribution in [0.25, 0.3) is 0 Å². The van der Waals surface area contributed by atoms with Crippen molar-refractivity contribution in [3.63, 3.8) is 0 Å². The molecule has 1 aliphatic rings. The highest BCUT2D eigenvalue weighted by atomic mass is 16.6. The number of morpholine rings is 1. The van der Waals surface area contributed by atoms with Gasteiger partial charge in [-0.15, -0.1) is 0 Å². The molecule has 0 spiro atoms. The average Bonchev–Trinajstić information content (AvgIpc) is 2.65. The van der Waals surface area contributed by atoms with E-state index in [4.69, 9.17) is 14.2 Å². The third kappa shape index (κ3) is 6.28. The van der Waals surface area contributed by atoms with Gasteiger partial charge in [0.1, 0.15) is 5.60 Å². The highest BCUT2D eigenvalue weighted by molar-refractivity contribution is 6.01. The van der Waals surface area contributed by atoms with Gasteiger partial charge in [-0.2, -0.15) is 0 Å². The third-order valence-corrected chi connectivity index (χ3v) is 4.13. The number of esters is 3. The van der Waals surface area contributed by atoms with E-state index in [-0.39, 0.29) is 19.6 Å². The largest absolute Gasteiger partial charge is 0.469 e. The van der Waals surface area contributed by atoms with Crippen molar-refractivity contribution < 1.29 is 38.1 Å². The van der Waals surface area contributed by atoms with E-state index in [1.54, 1.807) is 45.0 Å². The number of ether oxygens (including phenoxy) is 4. The van der Waals surface area contributed by atoms with Gasteiger partial charge in [0.25, 0.3) is 5.91 Å². The Morgan fingerprint density at radius 1 is 1.27 bits per heavy atom. The summed E-state index contributed by atoms with van der Waals surface area (Å²) in [5.41, 5.74) is 0.356. The van der Waals surface area contributed by atoms with Gasteiger partial charge in [0.15, 0.2) is 6.10 Å². The Labute approximate surface area is 175 Å². The van der Waals surface area contributed by atoms with Gasteiger partial charge in [0.05, 0.1) is 20.1 Å². The van der Waals surface area contributed by atoms with Crippen LogP contribution in [-0.4, -0.2) is 61.9 Å². The Morgan fingerprint density at radius 3 is 2.57 bits per heavy atom. The molecule has 0 aromatic heterocycles. The van der Waals surface area contributed by atoms with E-state index in [2.05, 4.69) is 4.74 Å². The first kappa shape index (κ1) is 23.3. The van der Waals surface area contributed by atoms with E-state index in [1.165, 1.54) is 12.0 Å². The lowest BCUT2D eigenvalue weighted by molar-refractivity contribution is -0.188. The minimum absolute atomic E-state index is 0.0558. The summed E-state index contributed by atoms with van der Waals surface area (Å²) in [5.74, 6) is -2.55. The fourth-order valence-corrected chi connectivity index (χ4v) is 2.92. The van der Waals surface area contributed by atoms with Crippen LogP contribution in [0, 0.1) is 0 Å². The lowest BCUT2D eigenvalue weighted by Gasteiger charge is -2.35. The number of anilines is 1. The predicted molar refractivity (Wildman–Crippen MR) is 106 cm³/mol. The van der Waals surface area contributed by atoms with Crippen LogP contribution in [0.15, 0.2) is 24.3 Å². The normalized spacial score (nSPS) is 17.8. The summed E-state index contributed by atoms with van der Waals surface area (Å²) in [6.45, 7) is 6.49. The van der Waals surface area contributed by atoms with Crippen molar-refractivity contribution in [2.75, 3.05) is 25.2 Å². The summed E-state index contributed by atoms with van der Waals surface area (Å²) in [6, 6.07) is 6.84. The zero-order valence-corrected chi connectivity index (χ0v) is 17.8. The van der Waals surface area contributed by atoms with E-state index < -0.39 is 41.6 Å². The molecule has 2 rings (SSSR count). The molecule has 30 heavy (non-hydrogen) atoms. The van der Waals surface area contributed by atoms with Crippen molar-refractivity contribution in [2.45, 2.75) is 51.9 Å². The molecular weight excluding hydrogens is 394 g/mol. The van der Waals surface area contributed by atoms with Gasteiger partial charge in [-0.3, -0.25) is 14.4 Å². The molecular formula is C21H27NO8. The molecule has 1 aromatic carbocycles. The van der Waals surface area contributed by atoms with Gasteiger partial charge < -0.3 is 23.8 Å². The molecule has 0 aliphatic carbocycles. The standard InChI is InChI=1S/C21H27NO8/c1-13(23)29-18(20(26)30-21(2,3)4)17-19(25)22(9-10-28-17)15-8-6-7-14(11-15)12-16(24)27-5/h6-8,11,17-18H,9-10,12H2,1-5H3. The van der Waals surface area contributed by atoms with Crippen LogP contribution >= 0.6 is 0 Å². The molecule has 1 amide bonds. The highest BCUT2D eigenvalue weighted by Crippen LogP contribution is 2.24. The number of methoxy groups -OCH3 is 1. The smallest absolute Gasteiger partial charge is 0.351 e. The second-order valence-corrected chi connectivity index (χ2v) is 7.77. The third-order valence-electron chi connectivity index (χ3n) is 4.13. The molecule has 0 radical (unpaired) electrons. The molecule has 164 valence electrons. The van der Waals surface area contributed by atoms with Crippen molar-refractivity contribution in [3.05, 3.63) is 29.8 Å². The van der Waals surface area contributed by atoms with E-state index in [0.717, 1.165) is 6.92 Å². The van der Waals surface area contributed by atoms with E-state index in [9.17, 15) is 19.2 Å².